The Morgan fingerprint density at radius 1 is 1.07 bits per heavy atom. The second-order valence-electron chi connectivity index (χ2n) is 6.31. The molecule has 0 unspecified atom stereocenters. The van der Waals surface area contributed by atoms with Crippen molar-refractivity contribution in [1.82, 2.24) is 20.5 Å². The van der Waals surface area contributed by atoms with E-state index in [0.717, 1.165) is 38.9 Å². The van der Waals surface area contributed by atoms with Gasteiger partial charge in [0.05, 0.1) is 15.9 Å². The number of hydrogen-bond acceptors (Lipinski definition) is 4. The molecule has 0 bridgehead atoms. The van der Waals surface area contributed by atoms with Gasteiger partial charge in [-0.1, -0.05) is 12.1 Å². The van der Waals surface area contributed by atoms with Gasteiger partial charge in [0.15, 0.2) is 0 Å². The average molecular weight is 393 g/mol. The SMILES string of the molecule is O=C(NCCc1cccs1)c1ccc2cc(-c3n[nH]c4ccsc34)[nH]c2c1. The Morgan fingerprint density at radius 3 is 2.93 bits per heavy atom. The van der Waals surface area contributed by atoms with E-state index in [1.165, 1.54) is 4.88 Å². The third kappa shape index (κ3) is 3.05. The van der Waals surface area contributed by atoms with Gasteiger partial charge in [-0.3, -0.25) is 9.89 Å². The number of benzene rings is 1. The van der Waals surface area contributed by atoms with Crippen molar-refractivity contribution in [3.8, 4) is 11.4 Å². The van der Waals surface area contributed by atoms with Gasteiger partial charge in [-0.25, -0.2) is 0 Å². The van der Waals surface area contributed by atoms with Crippen LogP contribution in [0.15, 0.2) is 53.2 Å². The summed E-state index contributed by atoms with van der Waals surface area (Å²) in [6.45, 7) is 0.636. The number of aromatic nitrogens is 3. The Morgan fingerprint density at radius 2 is 2.04 bits per heavy atom. The van der Waals surface area contributed by atoms with Crippen molar-refractivity contribution >= 4 is 49.7 Å². The first kappa shape index (κ1) is 16.3. The van der Waals surface area contributed by atoms with Gasteiger partial charge in [0, 0.05) is 27.9 Å². The van der Waals surface area contributed by atoms with Crippen molar-refractivity contribution in [3.63, 3.8) is 0 Å². The molecule has 0 aliphatic carbocycles. The third-order valence-electron chi connectivity index (χ3n) is 4.55. The minimum Gasteiger partial charge on any atom is -0.353 e. The average Bonchev–Trinajstić information content (AvgIpc) is 3.43. The molecule has 0 saturated carbocycles. The van der Waals surface area contributed by atoms with Crippen LogP contribution in [0.25, 0.3) is 32.5 Å². The molecule has 0 saturated heterocycles. The molecule has 0 spiro atoms. The number of nitrogens with zero attached hydrogens (tertiary/aromatic N) is 1. The summed E-state index contributed by atoms with van der Waals surface area (Å²) in [5.41, 5.74) is 4.50. The molecule has 0 aliphatic rings. The molecule has 0 fully saturated rings. The summed E-state index contributed by atoms with van der Waals surface area (Å²) in [4.78, 5) is 17.1. The van der Waals surface area contributed by atoms with Gasteiger partial charge in [0.25, 0.3) is 5.91 Å². The largest absolute Gasteiger partial charge is 0.353 e. The summed E-state index contributed by atoms with van der Waals surface area (Å²) < 4.78 is 1.13. The van der Waals surface area contributed by atoms with E-state index in [1.807, 2.05) is 35.7 Å². The number of carbonyl (C=O) groups excluding carboxylic acids is 1. The van der Waals surface area contributed by atoms with Crippen molar-refractivity contribution in [3.05, 3.63) is 63.7 Å². The predicted molar refractivity (Wildman–Crippen MR) is 112 cm³/mol. The van der Waals surface area contributed by atoms with Crippen LogP contribution in [0.3, 0.4) is 0 Å². The molecule has 1 amide bonds. The van der Waals surface area contributed by atoms with Crippen LogP contribution >= 0.6 is 22.7 Å². The van der Waals surface area contributed by atoms with Crippen LogP contribution in [0, 0.1) is 0 Å². The van der Waals surface area contributed by atoms with Crippen LogP contribution in [-0.2, 0) is 6.42 Å². The van der Waals surface area contributed by atoms with Gasteiger partial charge in [-0.2, -0.15) is 5.10 Å². The summed E-state index contributed by atoms with van der Waals surface area (Å²) in [5, 5.41) is 15.6. The second kappa shape index (κ2) is 6.68. The molecule has 7 heteroatoms. The lowest BCUT2D eigenvalue weighted by molar-refractivity contribution is 0.0954. The standard InChI is InChI=1S/C20H16N4OS2/c25-20(21-7-5-14-2-1-8-26-14)13-4-3-12-10-17(22-16(12)11-13)18-19-15(23-24-18)6-9-27-19/h1-4,6,8-11,22H,5,7H2,(H,21,25)(H,23,24). The maximum absolute atomic E-state index is 12.5. The van der Waals surface area contributed by atoms with Crippen LogP contribution in [-0.4, -0.2) is 27.6 Å². The van der Waals surface area contributed by atoms with Crippen LogP contribution < -0.4 is 5.32 Å². The third-order valence-corrected chi connectivity index (χ3v) is 6.40. The zero-order valence-electron chi connectivity index (χ0n) is 14.3. The number of amides is 1. The molecule has 5 rings (SSSR count). The molecule has 0 aliphatic heterocycles. The van der Waals surface area contributed by atoms with Crippen LogP contribution in [0.1, 0.15) is 15.2 Å². The maximum atomic E-state index is 12.5. The van der Waals surface area contributed by atoms with Crippen LogP contribution in [0.5, 0.6) is 0 Å². The molecule has 0 radical (unpaired) electrons. The summed E-state index contributed by atoms with van der Waals surface area (Å²) in [6, 6.07) is 14.0. The summed E-state index contributed by atoms with van der Waals surface area (Å²) in [6.07, 6.45) is 0.855. The predicted octanol–water partition coefficient (Wildman–Crippen LogP) is 4.81. The molecule has 27 heavy (non-hydrogen) atoms. The second-order valence-corrected chi connectivity index (χ2v) is 8.25. The van der Waals surface area contributed by atoms with Gasteiger partial charge >= 0.3 is 0 Å². The Bertz CT molecular complexity index is 1230. The number of H-pyrrole nitrogens is 2. The van der Waals surface area contributed by atoms with Gasteiger partial charge in [0.2, 0.25) is 0 Å². The Hall–Kier alpha value is -2.90. The van der Waals surface area contributed by atoms with Crippen LogP contribution in [0.2, 0.25) is 0 Å². The molecule has 1 aromatic carbocycles. The molecular weight excluding hydrogens is 376 g/mol. The quantitative estimate of drug-likeness (QED) is 0.402. The first-order chi connectivity index (χ1) is 13.3. The fourth-order valence-corrected chi connectivity index (χ4v) is 4.74. The first-order valence-electron chi connectivity index (χ1n) is 8.63. The smallest absolute Gasteiger partial charge is 0.251 e. The van der Waals surface area contributed by atoms with Gasteiger partial charge in [0.1, 0.15) is 5.69 Å². The fraction of sp³-hybridized carbons (Fsp3) is 0.100. The Labute approximate surface area is 163 Å². The number of hydrogen-bond donors (Lipinski definition) is 3. The number of thiophene rings is 2. The molecule has 4 aromatic heterocycles. The van der Waals surface area contributed by atoms with E-state index in [2.05, 4.69) is 38.0 Å². The Balaban J connectivity index is 1.37. The first-order valence-corrected chi connectivity index (χ1v) is 10.4. The molecule has 5 nitrogen and oxygen atoms in total. The molecule has 3 N–H and O–H groups in total. The van der Waals surface area contributed by atoms with Gasteiger partial charge in [-0.15, -0.1) is 22.7 Å². The van der Waals surface area contributed by atoms with E-state index in [1.54, 1.807) is 22.7 Å². The number of nitrogens with one attached hydrogen (secondary N) is 3. The minimum absolute atomic E-state index is 0.0509. The highest BCUT2D eigenvalue weighted by Crippen LogP contribution is 2.31. The van der Waals surface area contributed by atoms with Gasteiger partial charge in [-0.05, 0) is 47.5 Å². The lowest BCUT2D eigenvalue weighted by Gasteiger charge is -2.04. The lowest BCUT2D eigenvalue weighted by Crippen LogP contribution is -2.25. The monoisotopic (exact) mass is 392 g/mol. The number of aromatic amines is 2. The zero-order valence-corrected chi connectivity index (χ0v) is 15.9. The number of carbonyl (C=O) groups is 1. The number of fused-ring (bicyclic) bond motifs is 2. The summed E-state index contributed by atoms with van der Waals surface area (Å²) >= 11 is 3.38. The lowest BCUT2D eigenvalue weighted by atomic mass is 10.1. The van der Waals surface area contributed by atoms with Crippen molar-refractivity contribution in [1.29, 1.82) is 0 Å². The van der Waals surface area contributed by atoms with E-state index in [4.69, 9.17) is 0 Å². The highest BCUT2D eigenvalue weighted by molar-refractivity contribution is 7.17. The number of rotatable bonds is 5. The van der Waals surface area contributed by atoms with Crippen molar-refractivity contribution in [2.45, 2.75) is 6.42 Å². The molecule has 4 heterocycles. The topological polar surface area (TPSA) is 73.6 Å². The van der Waals surface area contributed by atoms with E-state index >= 15 is 0 Å². The molecule has 134 valence electrons. The van der Waals surface area contributed by atoms with E-state index in [-0.39, 0.29) is 5.91 Å². The van der Waals surface area contributed by atoms with Crippen molar-refractivity contribution in [2.24, 2.45) is 0 Å². The fourth-order valence-electron chi connectivity index (χ4n) is 3.18. The van der Waals surface area contributed by atoms with E-state index < -0.39 is 0 Å². The highest BCUT2D eigenvalue weighted by atomic mass is 32.1. The summed E-state index contributed by atoms with van der Waals surface area (Å²) in [7, 11) is 0. The van der Waals surface area contributed by atoms with Crippen molar-refractivity contribution in [2.75, 3.05) is 6.54 Å². The Kier molecular flexibility index (Phi) is 4.03. The summed E-state index contributed by atoms with van der Waals surface area (Å²) in [5.74, 6) is -0.0509. The van der Waals surface area contributed by atoms with Crippen molar-refractivity contribution < 1.29 is 4.79 Å². The maximum Gasteiger partial charge on any atom is 0.251 e. The normalized spacial score (nSPS) is 11.4. The van der Waals surface area contributed by atoms with Crippen LogP contribution in [0.4, 0.5) is 0 Å². The van der Waals surface area contributed by atoms with E-state index in [9.17, 15) is 4.79 Å². The highest BCUT2D eigenvalue weighted by Gasteiger charge is 2.13. The van der Waals surface area contributed by atoms with Gasteiger partial charge < -0.3 is 10.3 Å². The molecular formula is C20H16N4OS2. The molecule has 5 aromatic rings. The zero-order chi connectivity index (χ0) is 18.2. The van der Waals surface area contributed by atoms with E-state index in [0.29, 0.717) is 12.1 Å². The minimum atomic E-state index is -0.0509. The molecule has 0 atom stereocenters.